The molecule has 0 aliphatic heterocycles. The number of aromatic nitrogens is 2. The van der Waals surface area contributed by atoms with Crippen molar-refractivity contribution in [3.05, 3.63) is 62.6 Å². The van der Waals surface area contributed by atoms with E-state index in [1.165, 1.54) is 12.1 Å². The number of rotatable bonds is 2. The van der Waals surface area contributed by atoms with E-state index in [1.54, 1.807) is 24.3 Å². The predicted octanol–water partition coefficient (Wildman–Crippen LogP) is 3.95. The van der Waals surface area contributed by atoms with Gasteiger partial charge in [-0.25, -0.2) is 9.78 Å². The van der Waals surface area contributed by atoms with Crippen molar-refractivity contribution in [3.8, 4) is 0 Å². The summed E-state index contributed by atoms with van der Waals surface area (Å²) < 4.78 is 6.83. The van der Waals surface area contributed by atoms with Crippen molar-refractivity contribution >= 4 is 50.9 Å². The minimum atomic E-state index is -0.741. The molecule has 3 aromatic rings. The zero-order valence-corrected chi connectivity index (χ0v) is 13.3. The van der Waals surface area contributed by atoms with E-state index in [1.807, 2.05) is 0 Å². The van der Waals surface area contributed by atoms with Gasteiger partial charge in [0.05, 0.1) is 10.1 Å². The highest BCUT2D eigenvalue weighted by Crippen LogP contribution is 2.18. The Morgan fingerprint density at radius 1 is 1.23 bits per heavy atom. The van der Waals surface area contributed by atoms with Crippen LogP contribution in [-0.4, -0.2) is 15.0 Å². The Hall–Kier alpha value is -1.89. The van der Waals surface area contributed by atoms with Crippen LogP contribution in [0.25, 0.3) is 10.1 Å². The molecule has 0 unspecified atom stereocenters. The van der Waals surface area contributed by atoms with Crippen molar-refractivity contribution in [1.29, 1.82) is 0 Å². The Morgan fingerprint density at radius 2 is 1.91 bits per heavy atom. The molecule has 0 amide bonds. The number of ether oxygens (including phenoxy) is 1. The fourth-order valence-corrected chi connectivity index (χ4v) is 3.30. The Kier molecular flexibility index (Phi) is 4.15. The van der Waals surface area contributed by atoms with Crippen LogP contribution in [0, 0.1) is 0 Å². The van der Waals surface area contributed by atoms with Gasteiger partial charge in [-0.2, -0.15) is 3.96 Å². The maximum absolute atomic E-state index is 12.1. The third-order valence-corrected chi connectivity index (χ3v) is 4.28. The van der Waals surface area contributed by atoms with Crippen molar-refractivity contribution in [2.24, 2.45) is 0 Å². The number of carbonyl (C=O) groups excluding carboxylic acids is 1. The summed E-state index contributed by atoms with van der Waals surface area (Å²) in [5.74, 6) is 0. The molecule has 0 spiro atoms. The fraction of sp³-hybridized carbons (Fsp3) is 0.0714. The molecule has 1 aromatic carbocycles. The van der Waals surface area contributed by atoms with E-state index in [9.17, 15) is 9.59 Å². The van der Waals surface area contributed by atoms with Crippen molar-refractivity contribution in [2.75, 3.05) is 0 Å². The van der Waals surface area contributed by atoms with Crippen LogP contribution in [0.1, 0.15) is 5.56 Å². The molecule has 0 saturated carbocycles. The zero-order valence-electron chi connectivity index (χ0n) is 11.0. The van der Waals surface area contributed by atoms with Crippen molar-refractivity contribution in [3.63, 3.8) is 0 Å². The first-order chi connectivity index (χ1) is 10.5. The maximum Gasteiger partial charge on any atom is 0.431 e. The summed E-state index contributed by atoms with van der Waals surface area (Å²) in [7, 11) is 0. The van der Waals surface area contributed by atoms with Crippen molar-refractivity contribution in [2.45, 2.75) is 6.61 Å². The van der Waals surface area contributed by atoms with E-state index in [-0.39, 0.29) is 16.9 Å². The highest BCUT2D eigenvalue weighted by atomic mass is 35.5. The zero-order chi connectivity index (χ0) is 15.7. The Labute approximate surface area is 138 Å². The van der Waals surface area contributed by atoms with Gasteiger partial charge >= 0.3 is 6.09 Å². The number of fused-ring (bicyclic) bond motifs is 1. The van der Waals surface area contributed by atoms with E-state index >= 15 is 0 Å². The summed E-state index contributed by atoms with van der Waals surface area (Å²) in [5, 5.41) is 0.898. The third-order valence-electron chi connectivity index (χ3n) is 2.84. The standard InChI is InChI=1S/C14H8Cl2N2O3S/c15-11-5-8(6-12(16)17-11)7-21-14(20)18-13(19)9-3-1-2-4-10(9)22-18/h1-6H,7H2. The molecule has 0 saturated heterocycles. The molecular weight excluding hydrogens is 347 g/mol. The summed E-state index contributed by atoms with van der Waals surface area (Å²) in [6, 6.07) is 10.1. The molecule has 8 heteroatoms. The van der Waals surface area contributed by atoms with Gasteiger partial charge in [0.15, 0.2) is 0 Å². The van der Waals surface area contributed by atoms with Crippen LogP contribution >= 0.6 is 34.7 Å². The quantitative estimate of drug-likeness (QED) is 0.653. The fourth-order valence-electron chi connectivity index (χ4n) is 1.89. The molecular formula is C14H8Cl2N2O3S. The molecule has 2 heterocycles. The topological polar surface area (TPSA) is 61.2 Å². The largest absolute Gasteiger partial charge is 0.443 e. The van der Waals surface area contributed by atoms with Gasteiger partial charge in [-0.1, -0.05) is 35.3 Å². The van der Waals surface area contributed by atoms with Crippen LogP contribution in [0.15, 0.2) is 41.2 Å². The number of nitrogens with zero attached hydrogens (tertiary/aromatic N) is 2. The van der Waals surface area contributed by atoms with Crippen molar-refractivity contribution in [1.82, 2.24) is 8.94 Å². The molecule has 3 rings (SSSR count). The second kappa shape index (κ2) is 6.08. The molecule has 0 aliphatic rings. The lowest BCUT2D eigenvalue weighted by Gasteiger charge is -2.04. The SMILES string of the molecule is O=C(OCc1cc(Cl)nc(Cl)c1)n1sc2ccccc2c1=O. The van der Waals surface area contributed by atoms with Gasteiger partial charge in [-0.05, 0) is 41.4 Å². The normalized spacial score (nSPS) is 10.8. The van der Waals surface area contributed by atoms with Crippen molar-refractivity contribution < 1.29 is 9.53 Å². The lowest BCUT2D eigenvalue weighted by Crippen LogP contribution is -2.22. The lowest BCUT2D eigenvalue weighted by molar-refractivity contribution is 0.143. The molecule has 0 bridgehead atoms. The van der Waals surface area contributed by atoms with Gasteiger partial charge in [0, 0.05) is 0 Å². The minimum absolute atomic E-state index is 0.0541. The molecule has 22 heavy (non-hydrogen) atoms. The van der Waals surface area contributed by atoms with E-state index in [0.717, 1.165) is 20.2 Å². The first-order valence-corrected chi connectivity index (χ1v) is 7.68. The van der Waals surface area contributed by atoms with E-state index in [0.29, 0.717) is 10.9 Å². The van der Waals surface area contributed by atoms with Gasteiger partial charge < -0.3 is 4.74 Å². The van der Waals surface area contributed by atoms with E-state index in [4.69, 9.17) is 27.9 Å². The van der Waals surface area contributed by atoms with Gasteiger partial charge in [-0.15, -0.1) is 0 Å². The second-order valence-electron chi connectivity index (χ2n) is 4.36. The van der Waals surface area contributed by atoms with Crippen LogP contribution in [0.3, 0.4) is 0 Å². The average Bonchev–Trinajstić information content (AvgIpc) is 2.82. The van der Waals surface area contributed by atoms with Gasteiger partial charge in [-0.3, -0.25) is 4.79 Å². The highest BCUT2D eigenvalue weighted by Gasteiger charge is 2.15. The third kappa shape index (κ3) is 2.99. The van der Waals surface area contributed by atoms with Gasteiger partial charge in [0.1, 0.15) is 16.9 Å². The van der Waals surface area contributed by atoms with Crippen LogP contribution in [-0.2, 0) is 11.3 Å². The summed E-state index contributed by atoms with van der Waals surface area (Å²) in [6.45, 7) is -0.0541. The molecule has 0 atom stereocenters. The van der Waals surface area contributed by atoms with Crippen LogP contribution < -0.4 is 5.56 Å². The number of halogens is 2. The van der Waals surface area contributed by atoms with Gasteiger partial charge in [0.2, 0.25) is 0 Å². The van der Waals surface area contributed by atoms with E-state index < -0.39 is 11.7 Å². The molecule has 2 aromatic heterocycles. The molecule has 0 fully saturated rings. The highest BCUT2D eigenvalue weighted by molar-refractivity contribution is 7.14. The minimum Gasteiger partial charge on any atom is -0.443 e. The molecule has 0 radical (unpaired) electrons. The average molecular weight is 355 g/mol. The molecule has 5 nitrogen and oxygen atoms in total. The molecule has 0 aliphatic carbocycles. The predicted molar refractivity (Wildman–Crippen MR) is 85.9 cm³/mol. The Bertz CT molecular complexity index is 900. The van der Waals surface area contributed by atoms with Crippen LogP contribution in [0.4, 0.5) is 4.79 Å². The molecule has 112 valence electrons. The second-order valence-corrected chi connectivity index (χ2v) is 6.12. The summed E-state index contributed by atoms with van der Waals surface area (Å²) in [4.78, 5) is 28.0. The lowest BCUT2D eigenvalue weighted by atomic mass is 10.3. The smallest absolute Gasteiger partial charge is 0.431 e. The number of hydrogen-bond donors (Lipinski definition) is 0. The Morgan fingerprint density at radius 3 is 2.59 bits per heavy atom. The number of pyridine rings is 1. The summed E-state index contributed by atoms with van der Waals surface area (Å²) >= 11 is 12.6. The molecule has 0 N–H and O–H groups in total. The van der Waals surface area contributed by atoms with Crippen LogP contribution in [0.5, 0.6) is 0 Å². The number of hydrogen-bond acceptors (Lipinski definition) is 5. The Balaban J connectivity index is 1.81. The monoisotopic (exact) mass is 354 g/mol. The summed E-state index contributed by atoms with van der Waals surface area (Å²) in [5.41, 5.74) is 0.198. The van der Waals surface area contributed by atoms with Crippen LogP contribution in [0.2, 0.25) is 10.3 Å². The first-order valence-electron chi connectivity index (χ1n) is 6.15. The number of benzene rings is 1. The van der Waals surface area contributed by atoms with E-state index in [2.05, 4.69) is 4.98 Å². The number of carbonyl (C=O) groups is 1. The van der Waals surface area contributed by atoms with Gasteiger partial charge in [0.25, 0.3) is 5.56 Å². The summed E-state index contributed by atoms with van der Waals surface area (Å²) in [6.07, 6.45) is -0.741. The maximum atomic E-state index is 12.1. The first kappa shape index (κ1) is 15.0.